The summed E-state index contributed by atoms with van der Waals surface area (Å²) < 4.78 is 5.53. The van der Waals surface area contributed by atoms with Crippen molar-refractivity contribution in [3.8, 4) is 0 Å². The van der Waals surface area contributed by atoms with Crippen LogP contribution in [0.25, 0.3) is 0 Å². The molecule has 1 unspecified atom stereocenters. The average Bonchev–Trinajstić information content (AvgIpc) is 2.26. The van der Waals surface area contributed by atoms with Crippen molar-refractivity contribution in [2.75, 3.05) is 38.2 Å². The van der Waals surface area contributed by atoms with Gasteiger partial charge in [0.1, 0.15) is 0 Å². The SMILES string of the molecule is CCCOCCN1CCCC(CCBr)C1. The number of alkyl halides is 1. The summed E-state index contributed by atoms with van der Waals surface area (Å²) in [4.78, 5) is 2.56. The topological polar surface area (TPSA) is 12.5 Å². The van der Waals surface area contributed by atoms with Crippen molar-refractivity contribution in [2.24, 2.45) is 5.92 Å². The van der Waals surface area contributed by atoms with Crippen LogP contribution in [0.4, 0.5) is 0 Å². The molecule has 1 aliphatic rings. The Morgan fingerprint density at radius 1 is 1.40 bits per heavy atom. The van der Waals surface area contributed by atoms with Crippen molar-refractivity contribution in [3.63, 3.8) is 0 Å². The van der Waals surface area contributed by atoms with Gasteiger partial charge in [-0.25, -0.2) is 0 Å². The zero-order chi connectivity index (χ0) is 10.9. The van der Waals surface area contributed by atoms with E-state index in [4.69, 9.17) is 4.74 Å². The van der Waals surface area contributed by atoms with Crippen LogP contribution < -0.4 is 0 Å². The molecule has 1 heterocycles. The third-order valence-electron chi connectivity index (χ3n) is 3.02. The van der Waals surface area contributed by atoms with Crippen molar-refractivity contribution in [2.45, 2.75) is 32.6 Å². The van der Waals surface area contributed by atoms with Crippen LogP contribution in [0.15, 0.2) is 0 Å². The molecule has 1 saturated heterocycles. The van der Waals surface area contributed by atoms with Crippen LogP contribution in [0, 0.1) is 5.92 Å². The lowest BCUT2D eigenvalue weighted by Crippen LogP contribution is -2.37. The van der Waals surface area contributed by atoms with E-state index in [0.717, 1.165) is 37.4 Å². The third-order valence-corrected chi connectivity index (χ3v) is 3.48. The number of halogens is 1. The first-order valence-corrected chi connectivity index (χ1v) is 7.35. The molecule has 1 aliphatic heterocycles. The Labute approximate surface area is 102 Å². The highest BCUT2D eigenvalue weighted by Crippen LogP contribution is 2.19. The molecule has 1 rings (SSSR count). The predicted molar refractivity (Wildman–Crippen MR) is 68.7 cm³/mol. The minimum absolute atomic E-state index is 0.907. The molecule has 1 atom stereocenters. The van der Waals surface area contributed by atoms with Gasteiger partial charge in [-0.05, 0) is 38.1 Å². The molecule has 0 aromatic carbocycles. The molecular formula is C12H24BrNO. The molecule has 2 nitrogen and oxygen atoms in total. The highest BCUT2D eigenvalue weighted by Gasteiger charge is 2.18. The summed E-state index contributed by atoms with van der Waals surface area (Å²) in [6.45, 7) is 7.66. The van der Waals surface area contributed by atoms with Gasteiger partial charge in [0.25, 0.3) is 0 Å². The molecule has 3 heteroatoms. The van der Waals surface area contributed by atoms with E-state index in [1.807, 2.05) is 0 Å². The van der Waals surface area contributed by atoms with Crippen molar-refractivity contribution >= 4 is 15.9 Å². The lowest BCUT2D eigenvalue weighted by molar-refractivity contribution is 0.0848. The number of ether oxygens (including phenoxy) is 1. The van der Waals surface area contributed by atoms with E-state index in [2.05, 4.69) is 27.8 Å². The quantitative estimate of drug-likeness (QED) is 0.524. The number of piperidine rings is 1. The number of hydrogen-bond acceptors (Lipinski definition) is 2. The first kappa shape index (κ1) is 13.5. The molecule has 90 valence electrons. The molecule has 0 saturated carbocycles. The molecule has 0 amide bonds. The van der Waals surface area contributed by atoms with E-state index in [9.17, 15) is 0 Å². The van der Waals surface area contributed by atoms with Gasteiger partial charge >= 0.3 is 0 Å². The van der Waals surface area contributed by atoms with Crippen molar-refractivity contribution < 1.29 is 4.74 Å². The van der Waals surface area contributed by atoms with Crippen molar-refractivity contribution in [1.29, 1.82) is 0 Å². The second kappa shape index (κ2) is 8.54. The standard InChI is InChI=1S/C12H24BrNO/c1-2-9-15-10-8-14-7-3-4-12(11-14)5-6-13/h12H,2-11H2,1H3. The molecule has 0 spiro atoms. The van der Waals surface area contributed by atoms with Gasteiger partial charge in [-0.2, -0.15) is 0 Å². The fraction of sp³-hybridized carbons (Fsp3) is 1.00. The van der Waals surface area contributed by atoms with Crippen molar-refractivity contribution in [1.82, 2.24) is 4.90 Å². The molecule has 1 fully saturated rings. The fourth-order valence-corrected chi connectivity index (χ4v) is 2.83. The fourth-order valence-electron chi connectivity index (χ4n) is 2.18. The largest absolute Gasteiger partial charge is 0.380 e. The predicted octanol–water partition coefficient (Wildman–Crippen LogP) is 2.91. The molecule has 0 aromatic heterocycles. The Hall–Kier alpha value is 0.400. The summed E-state index contributed by atoms with van der Waals surface area (Å²) >= 11 is 3.53. The summed E-state index contributed by atoms with van der Waals surface area (Å²) in [6, 6.07) is 0. The Morgan fingerprint density at radius 3 is 3.00 bits per heavy atom. The van der Waals surface area contributed by atoms with E-state index < -0.39 is 0 Å². The van der Waals surface area contributed by atoms with E-state index in [1.54, 1.807) is 0 Å². The zero-order valence-corrected chi connectivity index (χ0v) is 11.5. The number of rotatable bonds is 7. The van der Waals surface area contributed by atoms with Crippen molar-refractivity contribution in [3.05, 3.63) is 0 Å². The Morgan fingerprint density at radius 2 is 2.27 bits per heavy atom. The van der Waals surface area contributed by atoms with Gasteiger partial charge in [0, 0.05) is 25.0 Å². The van der Waals surface area contributed by atoms with Crippen LogP contribution in [-0.4, -0.2) is 43.1 Å². The number of nitrogens with zero attached hydrogens (tertiary/aromatic N) is 1. The lowest BCUT2D eigenvalue weighted by Gasteiger charge is -2.32. The molecule has 0 aliphatic carbocycles. The zero-order valence-electron chi connectivity index (χ0n) is 9.88. The van der Waals surface area contributed by atoms with Crippen LogP contribution in [0.2, 0.25) is 0 Å². The second-order valence-electron chi connectivity index (χ2n) is 4.40. The number of hydrogen-bond donors (Lipinski definition) is 0. The lowest BCUT2D eigenvalue weighted by atomic mass is 9.96. The molecular weight excluding hydrogens is 254 g/mol. The second-order valence-corrected chi connectivity index (χ2v) is 5.19. The summed E-state index contributed by atoms with van der Waals surface area (Å²) in [7, 11) is 0. The van der Waals surface area contributed by atoms with E-state index in [-0.39, 0.29) is 0 Å². The van der Waals surface area contributed by atoms with Gasteiger partial charge in [-0.3, -0.25) is 0 Å². The summed E-state index contributed by atoms with van der Waals surface area (Å²) in [5.41, 5.74) is 0. The van der Waals surface area contributed by atoms with Gasteiger partial charge in [-0.1, -0.05) is 22.9 Å². The molecule has 0 bridgehead atoms. The van der Waals surface area contributed by atoms with Crippen LogP contribution in [0.1, 0.15) is 32.6 Å². The Bertz CT molecular complexity index is 153. The first-order chi connectivity index (χ1) is 7.36. The monoisotopic (exact) mass is 277 g/mol. The van der Waals surface area contributed by atoms with Crippen LogP contribution in [-0.2, 0) is 4.74 Å². The number of likely N-dealkylation sites (tertiary alicyclic amines) is 1. The molecule has 15 heavy (non-hydrogen) atoms. The first-order valence-electron chi connectivity index (χ1n) is 6.23. The average molecular weight is 278 g/mol. The van der Waals surface area contributed by atoms with E-state index >= 15 is 0 Å². The highest BCUT2D eigenvalue weighted by molar-refractivity contribution is 9.09. The van der Waals surface area contributed by atoms with Crippen LogP contribution >= 0.6 is 15.9 Å². The van der Waals surface area contributed by atoms with Gasteiger partial charge in [0.2, 0.25) is 0 Å². The summed E-state index contributed by atoms with van der Waals surface area (Å²) in [5.74, 6) is 0.907. The van der Waals surface area contributed by atoms with Gasteiger partial charge < -0.3 is 9.64 Å². The summed E-state index contributed by atoms with van der Waals surface area (Å²) in [6.07, 6.45) is 5.24. The van der Waals surface area contributed by atoms with Gasteiger partial charge in [-0.15, -0.1) is 0 Å². The molecule has 0 radical (unpaired) electrons. The maximum atomic E-state index is 5.53. The minimum atomic E-state index is 0.907. The smallest absolute Gasteiger partial charge is 0.0593 e. The maximum Gasteiger partial charge on any atom is 0.0593 e. The third kappa shape index (κ3) is 5.88. The minimum Gasteiger partial charge on any atom is -0.380 e. The van der Waals surface area contributed by atoms with E-state index in [0.29, 0.717) is 0 Å². The molecule has 0 aromatic rings. The summed E-state index contributed by atoms with van der Waals surface area (Å²) in [5, 5.41) is 1.15. The van der Waals surface area contributed by atoms with Crippen LogP contribution in [0.3, 0.4) is 0 Å². The van der Waals surface area contributed by atoms with Gasteiger partial charge in [0.15, 0.2) is 0 Å². The maximum absolute atomic E-state index is 5.53. The van der Waals surface area contributed by atoms with E-state index in [1.165, 1.54) is 32.4 Å². The van der Waals surface area contributed by atoms with Gasteiger partial charge in [0.05, 0.1) is 6.61 Å². The Kier molecular flexibility index (Phi) is 7.67. The van der Waals surface area contributed by atoms with Crippen LogP contribution in [0.5, 0.6) is 0 Å². The Balaban J connectivity index is 2.07. The normalized spacial score (nSPS) is 23.2. The molecule has 0 N–H and O–H groups in total. The highest BCUT2D eigenvalue weighted by atomic mass is 79.9.